The summed E-state index contributed by atoms with van der Waals surface area (Å²) in [5, 5.41) is 23.0. The molecule has 0 fully saturated rings. The van der Waals surface area contributed by atoms with E-state index in [9.17, 15) is 15.0 Å². The Bertz CT molecular complexity index is 1010. The van der Waals surface area contributed by atoms with E-state index in [-0.39, 0.29) is 6.42 Å². The molecule has 172 valence electrons. The highest BCUT2D eigenvalue weighted by atomic mass is 16.6. The van der Waals surface area contributed by atoms with Crippen molar-refractivity contribution in [2.45, 2.75) is 50.9 Å². The van der Waals surface area contributed by atoms with Gasteiger partial charge in [-0.2, -0.15) is 0 Å². The van der Waals surface area contributed by atoms with Crippen molar-refractivity contribution in [2.75, 3.05) is 0 Å². The van der Waals surface area contributed by atoms with Crippen molar-refractivity contribution in [3.8, 4) is 0 Å². The smallest absolute Gasteiger partial charge is 0.309 e. The third-order valence-corrected chi connectivity index (χ3v) is 5.63. The number of rotatable bonds is 9. The molecule has 4 nitrogen and oxygen atoms in total. The molecule has 0 saturated carbocycles. The minimum atomic E-state index is -1.63. The van der Waals surface area contributed by atoms with Crippen molar-refractivity contribution in [3.63, 3.8) is 0 Å². The van der Waals surface area contributed by atoms with Crippen LogP contribution in [0, 0.1) is 0 Å². The lowest BCUT2D eigenvalue weighted by atomic mass is 9.79. The SMILES string of the molecule is CC(C)=CCC(C)(O)CC(=O)O[C@H](c1ccccc1)C(O)(c1ccccc1)c1ccccc1. The van der Waals surface area contributed by atoms with Gasteiger partial charge in [0.1, 0.15) is 0 Å². The first kappa shape index (κ1) is 24.4. The molecule has 2 atom stereocenters. The van der Waals surface area contributed by atoms with Crippen LogP contribution in [0.1, 0.15) is 56.4 Å². The third kappa shape index (κ3) is 6.19. The number of ether oxygens (including phenoxy) is 1. The molecule has 3 aromatic rings. The molecule has 0 aliphatic rings. The lowest BCUT2D eigenvalue weighted by Crippen LogP contribution is -2.39. The van der Waals surface area contributed by atoms with Crippen LogP contribution in [-0.4, -0.2) is 21.8 Å². The van der Waals surface area contributed by atoms with Gasteiger partial charge in [-0.15, -0.1) is 0 Å². The molecule has 1 unspecified atom stereocenters. The number of hydrogen-bond acceptors (Lipinski definition) is 4. The van der Waals surface area contributed by atoms with Crippen LogP contribution in [0.2, 0.25) is 0 Å². The van der Waals surface area contributed by atoms with E-state index in [0.29, 0.717) is 23.1 Å². The van der Waals surface area contributed by atoms with Gasteiger partial charge in [0.15, 0.2) is 11.7 Å². The molecule has 0 heterocycles. The molecule has 0 amide bonds. The van der Waals surface area contributed by atoms with E-state index in [1.165, 1.54) is 0 Å². The van der Waals surface area contributed by atoms with E-state index in [2.05, 4.69) is 0 Å². The molecule has 33 heavy (non-hydrogen) atoms. The molecular weight excluding hydrogens is 412 g/mol. The quantitative estimate of drug-likeness (QED) is 0.328. The molecule has 4 heteroatoms. The van der Waals surface area contributed by atoms with Crippen molar-refractivity contribution in [3.05, 3.63) is 119 Å². The average molecular weight is 445 g/mol. The number of benzene rings is 3. The van der Waals surface area contributed by atoms with Crippen LogP contribution in [0.4, 0.5) is 0 Å². The number of aliphatic hydroxyl groups is 2. The highest BCUT2D eigenvalue weighted by Gasteiger charge is 2.44. The molecule has 0 radical (unpaired) electrons. The van der Waals surface area contributed by atoms with Crippen molar-refractivity contribution in [2.24, 2.45) is 0 Å². The van der Waals surface area contributed by atoms with E-state index in [0.717, 1.165) is 5.57 Å². The van der Waals surface area contributed by atoms with Crippen molar-refractivity contribution < 1.29 is 19.7 Å². The lowest BCUT2D eigenvalue weighted by Gasteiger charge is -2.37. The Morgan fingerprint density at radius 2 is 1.30 bits per heavy atom. The Labute approximate surface area is 196 Å². The molecule has 0 aliphatic carbocycles. The Balaban J connectivity index is 2.04. The zero-order valence-electron chi connectivity index (χ0n) is 19.4. The van der Waals surface area contributed by atoms with E-state index in [4.69, 9.17) is 4.74 Å². The summed E-state index contributed by atoms with van der Waals surface area (Å²) < 4.78 is 5.98. The summed E-state index contributed by atoms with van der Waals surface area (Å²) in [6.45, 7) is 5.51. The Morgan fingerprint density at radius 3 is 1.76 bits per heavy atom. The summed E-state index contributed by atoms with van der Waals surface area (Å²) in [4.78, 5) is 13.1. The standard InChI is InChI=1S/C29H32O4/c1-22(2)19-20-28(3,31)21-26(30)33-27(23-13-7-4-8-14-23)29(32,24-15-9-5-10-16-24)25-17-11-6-12-18-25/h4-19,27,31-32H,20-21H2,1-3H3/t27-,28?/m1/s1. The third-order valence-electron chi connectivity index (χ3n) is 5.63. The topological polar surface area (TPSA) is 66.8 Å². The molecule has 0 saturated heterocycles. The van der Waals surface area contributed by atoms with Gasteiger partial charge in [-0.05, 0) is 43.9 Å². The maximum absolute atomic E-state index is 13.1. The average Bonchev–Trinajstić information content (AvgIpc) is 2.82. The summed E-state index contributed by atoms with van der Waals surface area (Å²) in [5.41, 5.74) is 0.0417. The highest BCUT2D eigenvalue weighted by Crippen LogP contribution is 2.43. The largest absolute Gasteiger partial charge is 0.454 e. The predicted octanol–water partition coefficient (Wildman–Crippen LogP) is 5.70. The summed E-state index contributed by atoms with van der Waals surface area (Å²) in [6, 6.07) is 27.6. The number of hydrogen-bond donors (Lipinski definition) is 2. The van der Waals surface area contributed by atoms with Crippen LogP contribution in [0.15, 0.2) is 103 Å². The van der Waals surface area contributed by atoms with Crippen LogP contribution in [0.25, 0.3) is 0 Å². The van der Waals surface area contributed by atoms with E-state index < -0.39 is 23.3 Å². The minimum Gasteiger partial charge on any atom is -0.454 e. The van der Waals surface area contributed by atoms with Gasteiger partial charge >= 0.3 is 5.97 Å². The van der Waals surface area contributed by atoms with Gasteiger partial charge < -0.3 is 14.9 Å². The fourth-order valence-corrected chi connectivity index (χ4v) is 3.86. The van der Waals surface area contributed by atoms with Crippen LogP contribution >= 0.6 is 0 Å². The summed E-state index contributed by atoms with van der Waals surface area (Å²) in [7, 11) is 0. The normalized spacial score (nSPS) is 14.1. The van der Waals surface area contributed by atoms with Crippen LogP contribution in [0.5, 0.6) is 0 Å². The molecule has 2 N–H and O–H groups in total. The molecule has 0 aliphatic heterocycles. The second kappa shape index (κ2) is 10.6. The molecular formula is C29H32O4. The second-order valence-electron chi connectivity index (χ2n) is 8.94. The lowest BCUT2D eigenvalue weighted by molar-refractivity contribution is -0.168. The molecule has 0 aromatic heterocycles. The molecule has 0 bridgehead atoms. The van der Waals surface area contributed by atoms with Gasteiger partial charge in [-0.1, -0.05) is 103 Å². The molecule has 3 rings (SSSR count). The van der Waals surface area contributed by atoms with Gasteiger partial charge in [0.2, 0.25) is 0 Å². The van der Waals surface area contributed by atoms with E-state index in [1.807, 2.05) is 111 Å². The van der Waals surface area contributed by atoms with Gasteiger partial charge in [0.25, 0.3) is 0 Å². The molecule has 0 spiro atoms. The number of allylic oxidation sites excluding steroid dienone is 1. The first-order chi connectivity index (χ1) is 15.7. The first-order valence-corrected chi connectivity index (χ1v) is 11.2. The number of carbonyl (C=O) groups is 1. The van der Waals surface area contributed by atoms with E-state index in [1.54, 1.807) is 6.92 Å². The number of carbonyl (C=O) groups excluding carboxylic acids is 1. The maximum atomic E-state index is 13.1. The molecule has 3 aromatic carbocycles. The van der Waals surface area contributed by atoms with Crippen LogP contribution in [-0.2, 0) is 15.1 Å². The summed E-state index contributed by atoms with van der Waals surface area (Å²) >= 11 is 0. The van der Waals surface area contributed by atoms with E-state index >= 15 is 0 Å². The Morgan fingerprint density at radius 1 is 0.848 bits per heavy atom. The fourth-order valence-electron chi connectivity index (χ4n) is 3.86. The van der Waals surface area contributed by atoms with Gasteiger partial charge in [0.05, 0.1) is 12.0 Å². The summed E-state index contributed by atoms with van der Waals surface area (Å²) in [5.74, 6) is -0.582. The predicted molar refractivity (Wildman–Crippen MR) is 130 cm³/mol. The highest BCUT2D eigenvalue weighted by molar-refractivity contribution is 5.71. The zero-order valence-corrected chi connectivity index (χ0v) is 19.4. The Kier molecular flexibility index (Phi) is 7.85. The van der Waals surface area contributed by atoms with Gasteiger partial charge in [-0.25, -0.2) is 0 Å². The van der Waals surface area contributed by atoms with Gasteiger partial charge in [-0.3, -0.25) is 4.79 Å². The van der Waals surface area contributed by atoms with Crippen molar-refractivity contribution in [1.82, 2.24) is 0 Å². The number of esters is 1. The zero-order chi connectivity index (χ0) is 23.9. The fraction of sp³-hybridized carbons (Fsp3) is 0.276. The van der Waals surface area contributed by atoms with Crippen LogP contribution < -0.4 is 0 Å². The summed E-state index contributed by atoms with van der Waals surface area (Å²) in [6.07, 6.45) is 1.02. The monoisotopic (exact) mass is 444 g/mol. The van der Waals surface area contributed by atoms with Gasteiger partial charge in [0, 0.05) is 0 Å². The van der Waals surface area contributed by atoms with Crippen LogP contribution in [0.3, 0.4) is 0 Å². The van der Waals surface area contributed by atoms with Crippen molar-refractivity contribution >= 4 is 5.97 Å². The van der Waals surface area contributed by atoms with Crippen molar-refractivity contribution in [1.29, 1.82) is 0 Å². The second-order valence-corrected chi connectivity index (χ2v) is 8.94. The maximum Gasteiger partial charge on any atom is 0.309 e. The Hall–Kier alpha value is -3.21. The first-order valence-electron chi connectivity index (χ1n) is 11.2. The minimum absolute atomic E-state index is 0.195.